The van der Waals surface area contributed by atoms with Gasteiger partial charge in [0.15, 0.2) is 0 Å². The van der Waals surface area contributed by atoms with Gasteiger partial charge >= 0.3 is 11.8 Å². The second-order valence-electron chi connectivity index (χ2n) is 7.18. The van der Waals surface area contributed by atoms with Crippen LogP contribution in [-0.4, -0.2) is 27.6 Å². The van der Waals surface area contributed by atoms with Crippen molar-refractivity contribution in [1.82, 2.24) is 15.1 Å². The molecule has 2 N–H and O–H groups in total. The smallest absolute Gasteiger partial charge is 0.314 e. The molecule has 1 fully saturated rings. The van der Waals surface area contributed by atoms with Crippen molar-refractivity contribution < 1.29 is 9.59 Å². The van der Waals surface area contributed by atoms with E-state index in [9.17, 15) is 9.59 Å². The predicted octanol–water partition coefficient (Wildman–Crippen LogP) is 3.05. The molecule has 0 bridgehead atoms. The molecule has 0 aliphatic heterocycles. The summed E-state index contributed by atoms with van der Waals surface area (Å²) >= 11 is 0. The number of benzene rings is 1. The molecule has 2 amide bonds. The first-order valence-corrected chi connectivity index (χ1v) is 9.25. The summed E-state index contributed by atoms with van der Waals surface area (Å²) in [5.41, 5.74) is 2.37. The summed E-state index contributed by atoms with van der Waals surface area (Å²) < 4.78 is 1.69. The first-order chi connectivity index (χ1) is 12.5. The van der Waals surface area contributed by atoms with Gasteiger partial charge in [-0.2, -0.15) is 5.10 Å². The summed E-state index contributed by atoms with van der Waals surface area (Å²) in [5.74, 6) is -0.216. The van der Waals surface area contributed by atoms with E-state index in [0.717, 1.165) is 31.2 Å². The Morgan fingerprint density at radius 3 is 2.46 bits per heavy atom. The van der Waals surface area contributed by atoms with E-state index in [-0.39, 0.29) is 6.04 Å². The Morgan fingerprint density at radius 1 is 1.12 bits per heavy atom. The van der Waals surface area contributed by atoms with Gasteiger partial charge in [0.25, 0.3) is 0 Å². The van der Waals surface area contributed by atoms with Crippen LogP contribution < -0.4 is 10.6 Å². The molecule has 6 heteroatoms. The molecule has 1 aromatic heterocycles. The molecular weight excluding hydrogens is 328 g/mol. The minimum absolute atomic E-state index is 0.123. The van der Waals surface area contributed by atoms with Crippen molar-refractivity contribution in [1.29, 1.82) is 0 Å². The topological polar surface area (TPSA) is 76.0 Å². The summed E-state index contributed by atoms with van der Waals surface area (Å²) in [5, 5.41) is 9.71. The Kier molecular flexibility index (Phi) is 5.71. The van der Waals surface area contributed by atoms with Gasteiger partial charge in [-0.15, -0.1) is 0 Å². The number of nitrogens with one attached hydrogen (secondary N) is 2. The number of hydrogen-bond acceptors (Lipinski definition) is 3. The monoisotopic (exact) mass is 354 g/mol. The van der Waals surface area contributed by atoms with E-state index in [1.165, 1.54) is 5.56 Å². The molecule has 1 aliphatic rings. The van der Waals surface area contributed by atoms with Crippen LogP contribution >= 0.6 is 0 Å². The maximum absolute atomic E-state index is 12.2. The van der Waals surface area contributed by atoms with Crippen LogP contribution in [0.15, 0.2) is 36.5 Å². The number of nitrogens with zero attached hydrogens (tertiary/aromatic N) is 2. The molecule has 0 saturated heterocycles. The van der Waals surface area contributed by atoms with Crippen molar-refractivity contribution in [3.05, 3.63) is 47.7 Å². The predicted molar refractivity (Wildman–Crippen MR) is 101 cm³/mol. The molecule has 2 aromatic rings. The van der Waals surface area contributed by atoms with Crippen molar-refractivity contribution in [2.24, 2.45) is 0 Å². The zero-order valence-electron chi connectivity index (χ0n) is 15.4. The third-order valence-electron chi connectivity index (χ3n) is 4.83. The van der Waals surface area contributed by atoms with Crippen molar-refractivity contribution >= 4 is 17.6 Å². The molecule has 1 aromatic carbocycles. The highest BCUT2D eigenvalue weighted by atomic mass is 16.2. The van der Waals surface area contributed by atoms with Gasteiger partial charge in [-0.25, -0.2) is 4.68 Å². The van der Waals surface area contributed by atoms with Crippen molar-refractivity contribution in [3.8, 4) is 0 Å². The van der Waals surface area contributed by atoms with Crippen LogP contribution in [0.3, 0.4) is 0 Å². The second kappa shape index (κ2) is 8.17. The third-order valence-corrected chi connectivity index (χ3v) is 4.83. The molecule has 3 rings (SSSR count). The van der Waals surface area contributed by atoms with Crippen LogP contribution in [0, 0.1) is 0 Å². The zero-order chi connectivity index (χ0) is 18.5. The Bertz CT molecular complexity index is 758. The van der Waals surface area contributed by atoms with E-state index in [1.807, 2.05) is 0 Å². The van der Waals surface area contributed by atoms with Gasteiger partial charge in [-0.3, -0.25) is 9.59 Å². The van der Waals surface area contributed by atoms with E-state index < -0.39 is 11.8 Å². The van der Waals surface area contributed by atoms with Gasteiger partial charge in [-0.05, 0) is 29.9 Å². The van der Waals surface area contributed by atoms with Crippen LogP contribution in [0.1, 0.15) is 56.6 Å². The molecule has 0 atom stereocenters. The Morgan fingerprint density at radius 2 is 1.81 bits per heavy atom. The summed E-state index contributed by atoms with van der Waals surface area (Å²) in [4.78, 5) is 24.2. The Labute approximate surface area is 154 Å². The van der Waals surface area contributed by atoms with Gasteiger partial charge in [0, 0.05) is 12.1 Å². The standard InChI is InChI=1S/C20H26N4O2/c1-14(2)16-9-7-15(8-10-16)13-24-18(11-12-21-24)23-20(26)19(25)22-17-5-3-4-6-17/h7-12,14,17H,3-6,13H2,1-2H3,(H,22,25)(H,23,26). The quantitative estimate of drug-likeness (QED) is 0.810. The molecule has 1 saturated carbocycles. The van der Waals surface area contributed by atoms with Gasteiger partial charge in [0.05, 0.1) is 12.7 Å². The van der Waals surface area contributed by atoms with E-state index in [4.69, 9.17) is 0 Å². The molecule has 1 aliphatic carbocycles. The molecule has 1 heterocycles. The summed E-state index contributed by atoms with van der Waals surface area (Å²) in [6, 6.07) is 10.2. The second-order valence-corrected chi connectivity index (χ2v) is 7.18. The van der Waals surface area contributed by atoms with Gasteiger partial charge in [0.2, 0.25) is 0 Å². The average molecular weight is 354 g/mol. The van der Waals surface area contributed by atoms with Crippen LogP contribution in [0.5, 0.6) is 0 Å². The van der Waals surface area contributed by atoms with Crippen molar-refractivity contribution in [2.75, 3.05) is 5.32 Å². The Hall–Kier alpha value is -2.63. The lowest BCUT2D eigenvalue weighted by Crippen LogP contribution is -2.40. The first kappa shape index (κ1) is 18.2. The van der Waals surface area contributed by atoms with E-state index in [1.54, 1.807) is 16.9 Å². The van der Waals surface area contributed by atoms with E-state index >= 15 is 0 Å². The normalized spacial score (nSPS) is 14.6. The first-order valence-electron chi connectivity index (χ1n) is 9.25. The van der Waals surface area contributed by atoms with Crippen LogP contribution in [-0.2, 0) is 16.1 Å². The molecule has 0 spiro atoms. The molecule has 0 unspecified atom stereocenters. The average Bonchev–Trinajstić information content (AvgIpc) is 3.28. The number of hydrogen-bond donors (Lipinski definition) is 2. The van der Waals surface area contributed by atoms with Gasteiger partial charge < -0.3 is 10.6 Å². The van der Waals surface area contributed by atoms with Crippen LogP contribution in [0.25, 0.3) is 0 Å². The largest absolute Gasteiger partial charge is 0.345 e. The summed E-state index contributed by atoms with van der Waals surface area (Å²) in [7, 11) is 0. The molecule has 6 nitrogen and oxygen atoms in total. The lowest BCUT2D eigenvalue weighted by atomic mass is 10.0. The lowest BCUT2D eigenvalue weighted by Gasteiger charge is -2.13. The SMILES string of the molecule is CC(C)c1ccc(Cn2nccc2NC(=O)C(=O)NC2CCCC2)cc1. The fourth-order valence-electron chi connectivity index (χ4n) is 3.24. The van der Waals surface area contributed by atoms with Gasteiger partial charge in [0.1, 0.15) is 5.82 Å². The molecule has 26 heavy (non-hydrogen) atoms. The van der Waals surface area contributed by atoms with Crippen LogP contribution in [0.4, 0.5) is 5.82 Å². The fraction of sp³-hybridized carbons (Fsp3) is 0.450. The summed E-state index contributed by atoms with van der Waals surface area (Å²) in [6.07, 6.45) is 5.73. The van der Waals surface area contributed by atoms with Crippen LogP contribution in [0.2, 0.25) is 0 Å². The highest BCUT2D eigenvalue weighted by Gasteiger charge is 2.22. The third kappa shape index (κ3) is 4.50. The number of amides is 2. The minimum Gasteiger partial charge on any atom is -0.345 e. The van der Waals surface area contributed by atoms with Crippen molar-refractivity contribution in [2.45, 2.75) is 58.0 Å². The number of anilines is 1. The maximum Gasteiger partial charge on any atom is 0.314 e. The highest BCUT2D eigenvalue weighted by Crippen LogP contribution is 2.18. The highest BCUT2D eigenvalue weighted by molar-refractivity contribution is 6.39. The minimum atomic E-state index is -0.645. The van der Waals surface area contributed by atoms with Crippen molar-refractivity contribution in [3.63, 3.8) is 0 Å². The summed E-state index contributed by atoms with van der Waals surface area (Å²) in [6.45, 7) is 4.85. The van der Waals surface area contributed by atoms with Gasteiger partial charge in [-0.1, -0.05) is 51.0 Å². The van der Waals surface area contributed by atoms with E-state index in [2.05, 4.69) is 53.8 Å². The lowest BCUT2D eigenvalue weighted by molar-refractivity contribution is -0.136. The number of carbonyl (C=O) groups excluding carboxylic acids is 2. The molecule has 0 radical (unpaired) electrons. The fourth-order valence-corrected chi connectivity index (χ4v) is 3.24. The zero-order valence-corrected chi connectivity index (χ0v) is 15.4. The molecular formula is C20H26N4O2. The number of rotatable bonds is 5. The van der Waals surface area contributed by atoms with E-state index in [0.29, 0.717) is 18.3 Å². The maximum atomic E-state index is 12.2. The number of carbonyl (C=O) groups is 2. The number of aromatic nitrogens is 2. The molecule has 138 valence electrons. The Balaban J connectivity index is 1.60.